The van der Waals surface area contributed by atoms with E-state index in [0.717, 1.165) is 28.2 Å². The van der Waals surface area contributed by atoms with E-state index in [1.807, 2.05) is 19.1 Å². The van der Waals surface area contributed by atoms with E-state index in [1.54, 1.807) is 20.4 Å². The van der Waals surface area contributed by atoms with E-state index in [1.165, 1.54) is 0 Å². The minimum Gasteiger partial charge on any atom is -0.497 e. The fourth-order valence-electron chi connectivity index (χ4n) is 1.84. The second-order valence-electron chi connectivity index (χ2n) is 3.72. The highest BCUT2D eigenvalue weighted by molar-refractivity contribution is 5.81. The third-order valence-corrected chi connectivity index (χ3v) is 2.67. The normalized spacial score (nSPS) is 10.3. The zero-order valence-electron chi connectivity index (χ0n) is 10.1. The molecule has 0 unspecified atom stereocenters. The van der Waals surface area contributed by atoms with Crippen LogP contribution in [0.4, 0.5) is 5.82 Å². The van der Waals surface area contributed by atoms with Crippen LogP contribution in [0.3, 0.4) is 0 Å². The van der Waals surface area contributed by atoms with Crippen molar-refractivity contribution in [3.8, 4) is 22.6 Å². The van der Waals surface area contributed by atoms with Gasteiger partial charge in [-0.05, 0) is 18.6 Å². The Kier molecular flexibility index (Phi) is 2.91. The number of hydrogen-bond donors (Lipinski definition) is 2. The lowest BCUT2D eigenvalue weighted by Crippen LogP contribution is -1.95. The van der Waals surface area contributed by atoms with Gasteiger partial charge in [0.25, 0.3) is 0 Å². The molecule has 5 nitrogen and oxygen atoms in total. The van der Waals surface area contributed by atoms with E-state index in [0.29, 0.717) is 5.82 Å². The first kappa shape index (κ1) is 11.3. The molecule has 0 bridgehead atoms. The van der Waals surface area contributed by atoms with E-state index < -0.39 is 0 Å². The summed E-state index contributed by atoms with van der Waals surface area (Å²) in [5.74, 6) is 2.00. The third-order valence-electron chi connectivity index (χ3n) is 2.67. The summed E-state index contributed by atoms with van der Waals surface area (Å²) >= 11 is 0. The van der Waals surface area contributed by atoms with Crippen LogP contribution in [0, 0.1) is 6.92 Å². The van der Waals surface area contributed by atoms with Crippen LogP contribution in [-0.4, -0.2) is 24.4 Å². The molecule has 5 heteroatoms. The summed E-state index contributed by atoms with van der Waals surface area (Å²) in [6.07, 6.45) is 1.69. The minimum absolute atomic E-state index is 0.525. The van der Waals surface area contributed by atoms with E-state index in [2.05, 4.69) is 10.2 Å². The average molecular weight is 233 g/mol. The first-order valence-electron chi connectivity index (χ1n) is 5.19. The first-order chi connectivity index (χ1) is 8.17. The molecule has 0 amide bonds. The van der Waals surface area contributed by atoms with Gasteiger partial charge in [-0.1, -0.05) is 0 Å². The fourth-order valence-corrected chi connectivity index (χ4v) is 1.84. The molecule has 0 aliphatic carbocycles. The largest absolute Gasteiger partial charge is 0.497 e. The van der Waals surface area contributed by atoms with Crippen molar-refractivity contribution in [2.24, 2.45) is 0 Å². The van der Waals surface area contributed by atoms with Crippen molar-refractivity contribution in [3.05, 3.63) is 23.9 Å². The molecule has 0 atom stereocenters. The maximum absolute atomic E-state index is 5.83. The highest BCUT2D eigenvalue weighted by atomic mass is 16.5. The second kappa shape index (κ2) is 4.37. The predicted molar refractivity (Wildman–Crippen MR) is 66.3 cm³/mol. The van der Waals surface area contributed by atoms with Crippen molar-refractivity contribution in [1.29, 1.82) is 0 Å². The summed E-state index contributed by atoms with van der Waals surface area (Å²) < 4.78 is 10.6. The zero-order valence-corrected chi connectivity index (χ0v) is 10.1. The summed E-state index contributed by atoms with van der Waals surface area (Å²) in [6, 6.07) is 3.76. The molecular formula is C12H15N3O2. The molecule has 90 valence electrons. The molecule has 0 aliphatic heterocycles. The van der Waals surface area contributed by atoms with Crippen molar-refractivity contribution in [1.82, 2.24) is 10.2 Å². The molecule has 3 N–H and O–H groups in total. The maximum atomic E-state index is 5.83. The monoisotopic (exact) mass is 233 g/mol. The molecule has 1 aromatic heterocycles. The maximum Gasteiger partial charge on any atom is 0.130 e. The van der Waals surface area contributed by atoms with Crippen LogP contribution < -0.4 is 15.2 Å². The van der Waals surface area contributed by atoms with Crippen molar-refractivity contribution in [3.63, 3.8) is 0 Å². The Balaban J connectivity index is 2.65. The van der Waals surface area contributed by atoms with Crippen LogP contribution in [0.25, 0.3) is 11.1 Å². The van der Waals surface area contributed by atoms with E-state index in [9.17, 15) is 0 Å². The van der Waals surface area contributed by atoms with Crippen LogP contribution in [0.2, 0.25) is 0 Å². The van der Waals surface area contributed by atoms with Gasteiger partial charge in [0.05, 0.1) is 20.4 Å². The van der Waals surface area contributed by atoms with Crippen LogP contribution in [0.15, 0.2) is 18.3 Å². The molecule has 0 fully saturated rings. The van der Waals surface area contributed by atoms with Crippen LogP contribution in [0.1, 0.15) is 5.56 Å². The number of ether oxygens (including phenoxy) is 2. The van der Waals surface area contributed by atoms with Gasteiger partial charge in [0.2, 0.25) is 0 Å². The van der Waals surface area contributed by atoms with Gasteiger partial charge in [0, 0.05) is 17.2 Å². The summed E-state index contributed by atoms with van der Waals surface area (Å²) in [7, 11) is 3.24. The Morgan fingerprint density at radius 2 is 2.00 bits per heavy atom. The fraction of sp³-hybridized carbons (Fsp3) is 0.250. The van der Waals surface area contributed by atoms with Gasteiger partial charge in [0.15, 0.2) is 0 Å². The molecule has 0 aliphatic rings. The molecule has 2 rings (SSSR count). The summed E-state index contributed by atoms with van der Waals surface area (Å²) in [4.78, 5) is 0. The highest BCUT2D eigenvalue weighted by Gasteiger charge is 2.15. The lowest BCUT2D eigenvalue weighted by atomic mass is 10.0. The molecule has 17 heavy (non-hydrogen) atoms. The van der Waals surface area contributed by atoms with Gasteiger partial charge >= 0.3 is 0 Å². The SMILES string of the molecule is COc1cc(C)c(-c2cn[nH]c2N)c(OC)c1. The number of nitrogens with zero attached hydrogens (tertiary/aromatic N) is 1. The quantitative estimate of drug-likeness (QED) is 0.850. The molecule has 0 saturated carbocycles. The molecule has 1 heterocycles. The lowest BCUT2D eigenvalue weighted by Gasteiger charge is -2.13. The number of aromatic amines is 1. The topological polar surface area (TPSA) is 73.2 Å². The smallest absolute Gasteiger partial charge is 0.130 e. The number of hydrogen-bond acceptors (Lipinski definition) is 4. The lowest BCUT2D eigenvalue weighted by molar-refractivity contribution is 0.395. The van der Waals surface area contributed by atoms with Gasteiger partial charge in [-0.2, -0.15) is 5.10 Å². The molecule has 2 aromatic rings. The Morgan fingerprint density at radius 1 is 1.24 bits per heavy atom. The van der Waals surface area contributed by atoms with Crippen LogP contribution >= 0.6 is 0 Å². The van der Waals surface area contributed by atoms with Gasteiger partial charge in [0.1, 0.15) is 17.3 Å². The van der Waals surface area contributed by atoms with Gasteiger partial charge in [-0.25, -0.2) is 0 Å². The highest BCUT2D eigenvalue weighted by Crippen LogP contribution is 2.38. The number of nitrogen functional groups attached to an aromatic ring is 1. The van der Waals surface area contributed by atoms with Crippen molar-refractivity contribution in [2.45, 2.75) is 6.92 Å². The number of aryl methyl sites for hydroxylation is 1. The Labute approximate surface area is 99.5 Å². The number of nitrogens with one attached hydrogen (secondary N) is 1. The molecule has 0 radical (unpaired) electrons. The average Bonchev–Trinajstić information content (AvgIpc) is 2.74. The van der Waals surface area contributed by atoms with E-state index in [-0.39, 0.29) is 0 Å². The number of nitrogens with two attached hydrogens (primary N) is 1. The molecule has 0 saturated heterocycles. The van der Waals surface area contributed by atoms with Crippen LogP contribution in [0.5, 0.6) is 11.5 Å². The van der Waals surface area contributed by atoms with E-state index in [4.69, 9.17) is 15.2 Å². The van der Waals surface area contributed by atoms with E-state index >= 15 is 0 Å². The van der Waals surface area contributed by atoms with Crippen molar-refractivity contribution < 1.29 is 9.47 Å². The zero-order chi connectivity index (χ0) is 12.4. The number of rotatable bonds is 3. The number of aromatic nitrogens is 2. The summed E-state index contributed by atoms with van der Waals surface area (Å²) in [6.45, 7) is 1.98. The number of anilines is 1. The molecule has 1 aromatic carbocycles. The minimum atomic E-state index is 0.525. The van der Waals surface area contributed by atoms with Crippen LogP contribution in [-0.2, 0) is 0 Å². The van der Waals surface area contributed by atoms with Gasteiger partial charge in [-0.15, -0.1) is 0 Å². The number of H-pyrrole nitrogens is 1. The number of methoxy groups -OCH3 is 2. The predicted octanol–water partition coefficient (Wildman–Crippen LogP) is 1.98. The van der Waals surface area contributed by atoms with Gasteiger partial charge in [-0.3, -0.25) is 5.10 Å². The summed E-state index contributed by atoms with van der Waals surface area (Å²) in [5, 5.41) is 6.64. The van der Waals surface area contributed by atoms with Crippen molar-refractivity contribution in [2.75, 3.05) is 20.0 Å². The Bertz CT molecular complexity index is 535. The standard InChI is InChI=1S/C12H15N3O2/c1-7-4-8(16-2)5-10(17-3)11(7)9-6-14-15-12(9)13/h4-6H,1-3H3,(H3,13,14,15). The molecular weight excluding hydrogens is 218 g/mol. The third kappa shape index (κ3) is 1.91. The van der Waals surface area contributed by atoms with Crippen molar-refractivity contribution >= 4 is 5.82 Å². The summed E-state index contributed by atoms with van der Waals surface area (Å²) in [5.41, 5.74) is 8.62. The Hall–Kier alpha value is -2.17. The first-order valence-corrected chi connectivity index (χ1v) is 5.19. The molecule has 0 spiro atoms. The Morgan fingerprint density at radius 3 is 2.53 bits per heavy atom. The number of benzene rings is 1. The second-order valence-corrected chi connectivity index (χ2v) is 3.72. The van der Waals surface area contributed by atoms with Gasteiger partial charge < -0.3 is 15.2 Å².